The largest absolute Gasteiger partial charge is 0.347 e. The van der Waals surface area contributed by atoms with E-state index < -0.39 is 17.0 Å². The maximum Gasteiger partial charge on any atom is 0.229 e. The molecule has 4 atom stereocenters. The molecule has 114 valence electrons. The summed E-state index contributed by atoms with van der Waals surface area (Å²) < 4.78 is 18.1. The molecule has 1 saturated carbocycles. The summed E-state index contributed by atoms with van der Waals surface area (Å²) in [6, 6.07) is 7.58. The lowest BCUT2D eigenvalue weighted by atomic mass is 9.65. The molecule has 4 aliphatic rings. The Bertz CT molecular complexity index is 747. The maximum atomic E-state index is 13.2. The predicted octanol–water partition coefficient (Wildman–Crippen LogP) is 2.43. The number of epoxide rings is 1. The number of ether oxygens (including phenoxy) is 3. The van der Waals surface area contributed by atoms with Crippen molar-refractivity contribution in [2.45, 2.75) is 30.3 Å². The fraction of sp³-hybridized carbons (Fsp3) is 0.500. The summed E-state index contributed by atoms with van der Waals surface area (Å²) >= 11 is 0. The molecule has 1 aliphatic heterocycles. The first kappa shape index (κ1) is 13.0. The summed E-state index contributed by atoms with van der Waals surface area (Å²) in [5.74, 6) is -0.631. The number of ketones is 1. The zero-order valence-electron chi connectivity index (χ0n) is 12.9. The van der Waals surface area contributed by atoms with Gasteiger partial charge in [0.25, 0.3) is 0 Å². The standard InChI is InChI=1S/C18H18O4/c1-10-8-11-9-14(10)17-16(11,22-17)15(19)12-6-4-5-7-13(12)18(17,20-2)21-3/h4-8,11,14H,9H2,1-3H3/t11-,14+,16+,17+/m1/s1. The Labute approximate surface area is 129 Å². The number of Topliss-reactive ketones (excluding diaryl/α,β-unsaturated/α-hetero) is 1. The van der Waals surface area contributed by atoms with Crippen molar-refractivity contribution in [2.24, 2.45) is 11.8 Å². The molecule has 0 amide bonds. The average molecular weight is 298 g/mol. The summed E-state index contributed by atoms with van der Waals surface area (Å²) in [5, 5.41) is 0. The highest BCUT2D eigenvalue weighted by Gasteiger charge is 2.94. The highest BCUT2D eigenvalue weighted by Crippen LogP contribution is 2.79. The van der Waals surface area contributed by atoms with Crippen molar-refractivity contribution in [1.29, 1.82) is 0 Å². The van der Waals surface area contributed by atoms with E-state index >= 15 is 0 Å². The van der Waals surface area contributed by atoms with Gasteiger partial charge >= 0.3 is 0 Å². The quantitative estimate of drug-likeness (QED) is 0.478. The first-order valence-electron chi connectivity index (χ1n) is 7.72. The third kappa shape index (κ3) is 0.945. The molecule has 2 bridgehead atoms. The van der Waals surface area contributed by atoms with E-state index in [-0.39, 0.29) is 17.6 Å². The predicted molar refractivity (Wildman–Crippen MR) is 78.4 cm³/mol. The molecule has 3 aliphatic carbocycles. The zero-order valence-corrected chi connectivity index (χ0v) is 12.9. The van der Waals surface area contributed by atoms with E-state index in [1.165, 1.54) is 5.57 Å². The summed E-state index contributed by atoms with van der Waals surface area (Å²) in [6.07, 6.45) is 3.15. The van der Waals surface area contributed by atoms with Gasteiger partial charge in [-0.3, -0.25) is 4.79 Å². The Balaban J connectivity index is 1.87. The van der Waals surface area contributed by atoms with Crippen molar-refractivity contribution in [3.8, 4) is 0 Å². The summed E-state index contributed by atoms with van der Waals surface area (Å²) in [5.41, 5.74) is 1.23. The molecule has 2 fully saturated rings. The number of carbonyl (C=O) groups excluding carboxylic acids is 1. The number of rotatable bonds is 2. The van der Waals surface area contributed by atoms with Gasteiger partial charge in [-0.2, -0.15) is 0 Å². The van der Waals surface area contributed by atoms with E-state index in [1.807, 2.05) is 24.3 Å². The van der Waals surface area contributed by atoms with E-state index in [4.69, 9.17) is 14.2 Å². The Morgan fingerprint density at radius 2 is 1.95 bits per heavy atom. The van der Waals surface area contributed by atoms with Crippen LogP contribution in [0.3, 0.4) is 0 Å². The second-order valence-corrected chi connectivity index (χ2v) is 6.78. The van der Waals surface area contributed by atoms with Crippen molar-refractivity contribution < 1.29 is 19.0 Å². The lowest BCUT2D eigenvalue weighted by Gasteiger charge is -2.43. The van der Waals surface area contributed by atoms with Crippen LogP contribution >= 0.6 is 0 Å². The third-order valence-electron chi connectivity index (χ3n) is 6.28. The number of carbonyl (C=O) groups is 1. The first-order valence-corrected chi connectivity index (χ1v) is 7.72. The molecule has 0 spiro atoms. The highest BCUT2D eigenvalue weighted by atomic mass is 16.8. The molecule has 4 heteroatoms. The van der Waals surface area contributed by atoms with Crippen LogP contribution in [0.5, 0.6) is 0 Å². The van der Waals surface area contributed by atoms with Crippen LogP contribution in [0.2, 0.25) is 0 Å². The maximum absolute atomic E-state index is 13.2. The Morgan fingerprint density at radius 1 is 1.23 bits per heavy atom. The molecule has 0 aromatic heterocycles. The van der Waals surface area contributed by atoms with Crippen LogP contribution in [0.4, 0.5) is 0 Å². The van der Waals surface area contributed by atoms with Crippen molar-refractivity contribution in [3.05, 3.63) is 47.0 Å². The molecule has 0 N–H and O–H groups in total. The van der Waals surface area contributed by atoms with Crippen LogP contribution in [-0.2, 0) is 20.0 Å². The van der Waals surface area contributed by atoms with Crippen molar-refractivity contribution in [2.75, 3.05) is 14.2 Å². The smallest absolute Gasteiger partial charge is 0.229 e. The number of fused-ring (bicyclic) bond motifs is 3. The van der Waals surface area contributed by atoms with Crippen LogP contribution in [0.15, 0.2) is 35.9 Å². The Morgan fingerprint density at radius 3 is 2.68 bits per heavy atom. The molecule has 1 saturated heterocycles. The second kappa shape index (κ2) is 3.53. The fourth-order valence-corrected chi connectivity index (χ4v) is 5.52. The zero-order chi connectivity index (χ0) is 15.3. The van der Waals surface area contributed by atoms with Gasteiger partial charge in [-0.15, -0.1) is 0 Å². The van der Waals surface area contributed by atoms with Gasteiger partial charge in [0.1, 0.15) is 0 Å². The average Bonchev–Trinajstić information content (AvgIpc) is 3.04. The van der Waals surface area contributed by atoms with Crippen LogP contribution in [-0.4, -0.2) is 31.2 Å². The van der Waals surface area contributed by atoms with E-state index in [9.17, 15) is 4.79 Å². The van der Waals surface area contributed by atoms with E-state index in [1.54, 1.807) is 14.2 Å². The Hall–Kier alpha value is -1.49. The normalized spacial score (nSPS) is 42.5. The molecular formula is C18H18O4. The van der Waals surface area contributed by atoms with Crippen molar-refractivity contribution >= 4 is 5.78 Å². The molecule has 4 nitrogen and oxygen atoms in total. The molecule has 22 heavy (non-hydrogen) atoms. The third-order valence-corrected chi connectivity index (χ3v) is 6.28. The van der Waals surface area contributed by atoms with Crippen molar-refractivity contribution in [1.82, 2.24) is 0 Å². The van der Waals surface area contributed by atoms with Gasteiger partial charge in [-0.25, -0.2) is 0 Å². The van der Waals surface area contributed by atoms with Crippen LogP contribution in [0, 0.1) is 11.8 Å². The van der Waals surface area contributed by atoms with Gasteiger partial charge in [0, 0.05) is 37.2 Å². The van der Waals surface area contributed by atoms with E-state index in [2.05, 4.69) is 13.0 Å². The van der Waals surface area contributed by atoms with Crippen LogP contribution in [0.25, 0.3) is 0 Å². The van der Waals surface area contributed by atoms with E-state index in [0.717, 1.165) is 12.0 Å². The van der Waals surface area contributed by atoms with Gasteiger partial charge in [-0.1, -0.05) is 35.9 Å². The van der Waals surface area contributed by atoms with Crippen LogP contribution in [0.1, 0.15) is 29.3 Å². The molecule has 1 aromatic carbocycles. The molecule has 1 aromatic rings. The molecule has 1 heterocycles. The number of benzene rings is 1. The van der Waals surface area contributed by atoms with Crippen LogP contribution < -0.4 is 0 Å². The molecule has 5 rings (SSSR count). The Kier molecular flexibility index (Phi) is 2.09. The second-order valence-electron chi connectivity index (χ2n) is 6.78. The number of methoxy groups -OCH3 is 2. The SMILES string of the molecule is COC1(OC)c2ccccc2C(=O)[C@]23O[C@]12[C@H]1C[C@H]3C=C1C. The molecule has 0 unspecified atom stereocenters. The first-order chi connectivity index (χ1) is 10.6. The lowest BCUT2D eigenvalue weighted by molar-refractivity contribution is -0.264. The van der Waals surface area contributed by atoms with E-state index in [0.29, 0.717) is 5.56 Å². The molecule has 0 radical (unpaired) electrons. The summed E-state index contributed by atoms with van der Waals surface area (Å²) in [7, 11) is 3.28. The van der Waals surface area contributed by atoms with Gasteiger partial charge < -0.3 is 14.2 Å². The van der Waals surface area contributed by atoms with Gasteiger partial charge in [-0.05, 0) is 13.3 Å². The summed E-state index contributed by atoms with van der Waals surface area (Å²) in [4.78, 5) is 13.2. The minimum absolute atomic E-state index is 0.0871. The topological polar surface area (TPSA) is 48.1 Å². The lowest BCUT2D eigenvalue weighted by Crippen LogP contribution is -2.58. The minimum Gasteiger partial charge on any atom is -0.347 e. The minimum atomic E-state index is -1.02. The van der Waals surface area contributed by atoms with Crippen molar-refractivity contribution in [3.63, 3.8) is 0 Å². The number of hydrogen-bond donors (Lipinski definition) is 0. The monoisotopic (exact) mass is 298 g/mol. The summed E-state index contributed by atoms with van der Waals surface area (Å²) in [6.45, 7) is 2.12. The van der Waals surface area contributed by atoms with Gasteiger partial charge in [0.05, 0.1) is 0 Å². The van der Waals surface area contributed by atoms with Gasteiger partial charge in [0.2, 0.25) is 5.79 Å². The fourth-order valence-electron chi connectivity index (χ4n) is 5.52. The van der Waals surface area contributed by atoms with Gasteiger partial charge in [0.15, 0.2) is 17.0 Å². The highest BCUT2D eigenvalue weighted by molar-refractivity contribution is 6.10. The number of hydrogen-bond acceptors (Lipinski definition) is 4. The molecular weight excluding hydrogens is 280 g/mol.